The Morgan fingerprint density at radius 3 is 2.14 bits per heavy atom. The van der Waals surface area contributed by atoms with Gasteiger partial charge in [-0.05, 0) is 23.8 Å². The summed E-state index contributed by atoms with van der Waals surface area (Å²) < 4.78 is 18.6. The number of fused-ring (bicyclic) bond motifs is 3. The van der Waals surface area contributed by atoms with Crippen LogP contribution < -0.4 is 14.2 Å². The standard InChI is InChI=1S/C22H23NO5/c1-26-19-7-5-4-6-14(19)22-16(12-25)15(11-24)18-8-13-9-20(27-2)21(28-3)10-17(13)23(18)22/h4-7,9-10,24-25H,8,11-12H2,1-3H3. The molecule has 3 aromatic rings. The summed E-state index contributed by atoms with van der Waals surface area (Å²) in [4.78, 5) is 0. The highest BCUT2D eigenvalue weighted by molar-refractivity contribution is 5.78. The molecule has 0 aliphatic carbocycles. The summed E-state index contributed by atoms with van der Waals surface area (Å²) in [5.41, 5.74) is 6.12. The molecule has 1 aliphatic rings. The fourth-order valence-corrected chi connectivity index (χ4v) is 4.09. The van der Waals surface area contributed by atoms with Crippen molar-refractivity contribution in [3.05, 3.63) is 58.8 Å². The van der Waals surface area contributed by atoms with Gasteiger partial charge in [0.2, 0.25) is 0 Å². The zero-order chi connectivity index (χ0) is 19.8. The summed E-state index contributed by atoms with van der Waals surface area (Å²) in [5.74, 6) is 2.00. The smallest absolute Gasteiger partial charge is 0.162 e. The van der Waals surface area contributed by atoms with Gasteiger partial charge in [-0.2, -0.15) is 0 Å². The van der Waals surface area contributed by atoms with Crippen LogP contribution in [-0.4, -0.2) is 36.1 Å². The van der Waals surface area contributed by atoms with Crippen LogP contribution in [0.3, 0.4) is 0 Å². The number of para-hydroxylation sites is 1. The molecule has 0 spiro atoms. The molecule has 0 saturated carbocycles. The van der Waals surface area contributed by atoms with Crippen molar-refractivity contribution in [2.45, 2.75) is 19.6 Å². The number of methoxy groups -OCH3 is 3. The molecule has 2 aromatic carbocycles. The predicted molar refractivity (Wildman–Crippen MR) is 106 cm³/mol. The van der Waals surface area contributed by atoms with Crippen molar-refractivity contribution < 1.29 is 24.4 Å². The molecule has 0 unspecified atom stereocenters. The monoisotopic (exact) mass is 381 g/mol. The molecule has 146 valence electrons. The Hall–Kier alpha value is -2.96. The summed E-state index contributed by atoms with van der Waals surface area (Å²) >= 11 is 0. The number of nitrogens with zero attached hydrogens (tertiary/aromatic N) is 1. The molecule has 6 heteroatoms. The molecule has 1 aliphatic heterocycles. The van der Waals surface area contributed by atoms with Crippen LogP contribution in [0.15, 0.2) is 36.4 Å². The molecule has 0 bridgehead atoms. The van der Waals surface area contributed by atoms with Crippen LogP contribution in [0.25, 0.3) is 16.9 Å². The van der Waals surface area contributed by atoms with Gasteiger partial charge in [-0.25, -0.2) is 0 Å². The first-order valence-electron chi connectivity index (χ1n) is 9.04. The summed E-state index contributed by atoms with van der Waals surface area (Å²) in [6.45, 7) is -0.325. The Bertz CT molecular complexity index is 1040. The van der Waals surface area contributed by atoms with Gasteiger partial charge in [0.05, 0.1) is 45.9 Å². The minimum atomic E-state index is -0.175. The molecule has 1 aromatic heterocycles. The fourth-order valence-electron chi connectivity index (χ4n) is 4.09. The van der Waals surface area contributed by atoms with E-state index in [0.29, 0.717) is 29.2 Å². The number of aromatic nitrogens is 1. The quantitative estimate of drug-likeness (QED) is 0.537. The van der Waals surface area contributed by atoms with Gasteiger partial charge in [0, 0.05) is 34.9 Å². The molecule has 2 heterocycles. The SMILES string of the molecule is COc1cc2c(cc1OC)-n1c(c(CO)c(CO)c1-c1ccccc1OC)C2. The van der Waals surface area contributed by atoms with Gasteiger partial charge in [-0.3, -0.25) is 0 Å². The summed E-state index contributed by atoms with van der Waals surface area (Å²) in [6, 6.07) is 11.6. The summed E-state index contributed by atoms with van der Waals surface area (Å²) in [7, 11) is 4.85. The lowest BCUT2D eigenvalue weighted by molar-refractivity contribution is 0.260. The minimum Gasteiger partial charge on any atom is -0.496 e. The van der Waals surface area contributed by atoms with Crippen molar-refractivity contribution in [2.24, 2.45) is 0 Å². The first-order valence-corrected chi connectivity index (χ1v) is 9.04. The summed E-state index contributed by atoms with van der Waals surface area (Å²) in [5, 5.41) is 20.2. The molecule has 6 nitrogen and oxygen atoms in total. The van der Waals surface area contributed by atoms with Crippen molar-refractivity contribution in [1.82, 2.24) is 4.57 Å². The van der Waals surface area contributed by atoms with E-state index < -0.39 is 0 Å². The zero-order valence-electron chi connectivity index (χ0n) is 16.2. The van der Waals surface area contributed by atoms with Crippen LogP contribution in [0.4, 0.5) is 0 Å². The molecule has 4 rings (SSSR count). The van der Waals surface area contributed by atoms with E-state index >= 15 is 0 Å². The first-order chi connectivity index (χ1) is 13.7. The molecule has 0 amide bonds. The third-order valence-corrected chi connectivity index (χ3v) is 5.35. The second-order valence-corrected chi connectivity index (χ2v) is 6.62. The maximum absolute atomic E-state index is 10.1. The predicted octanol–water partition coefficient (Wildman–Crippen LogP) is 3.06. The topological polar surface area (TPSA) is 73.1 Å². The highest BCUT2D eigenvalue weighted by Gasteiger charge is 2.31. The van der Waals surface area contributed by atoms with Crippen molar-refractivity contribution in [2.75, 3.05) is 21.3 Å². The Labute approximate surface area is 163 Å². The van der Waals surface area contributed by atoms with Crippen LogP contribution >= 0.6 is 0 Å². The highest BCUT2D eigenvalue weighted by Crippen LogP contribution is 2.46. The molecular weight excluding hydrogens is 358 g/mol. The average molecular weight is 381 g/mol. The Morgan fingerprint density at radius 1 is 0.857 bits per heavy atom. The Balaban J connectivity index is 2.06. The summed E-state index contributed by atoms with van der Waals surface area (Å²) in [6.07, 6.45) is 0.633. The van der Waals surface area contributed by atoms with Crippen LogP contribution in [-0.2, 0) is 19.6 Å². The number of rotatable bonds is 6. The van der Waals surface area contributed by atoms with E-state index in [-0.39, 0.29) is 13.2 Å². The number of benzene rings is 2. The number of aliphatic hydroxyl groups excluding tert-OH is 2. The number of ether oxygens (including phenoxy) is 3. The van der Waals surface area contributed by atoms with Gasteiger partial charge < -0.3 is 29.0 Å². The molecule has 0 atom stereocenters. The van der Waals surface area contributed by atoms with Gasteiger partial charge in [0.1, 0.15) is 5.75 Å². The molecule has 2 N–H and O–H groups in total. The lowest BCUT2D eigenvalue weighted by atomic mass is 10.0. The lowest BCUT2D eigenvalue weighted by Gasteiger charge is -2.16. The van der Waals surface area contributed by atoms with E-state index in [4.69, 9.17) is 14.2 Å². The molecule has 0 radical (unpaired) electrons. The second kappa shape index (κ2) is 7.22. The normalized spacial score (nSPS) is 11.9. The van der Waals surface area contributed by atoms with E-state index in [2.05, 4.69) is 4.57 Å². The van der Waals surface area contributed by atoms with Crippen molar-refractivity contribution in [1.29, 1.82) is 0 Å². The lowest BCUT2D eigenvalue weighted by Crippen LogP contribution is -2.01. The third-order valence-electron chi connectivity index (χ3n) is 5.35. The zero-order valence-corrected chi connectivity index (χ0v) is 16.2. The second-order valence-electron chi connectivity index (χ2n) is 6.62. The minimum absolute atomic E-state index is 0.150. The number of hydrogen-bond donors (Lipinski definition) is 2. The van der Waals surface area contributed by atoms with Crippen molar-refractivity contribution in [3.8, 4) is 34.2 Å². The van der Waals surface area contributed by atoms with Gasteiger partial charge in [-0.1, -0.05) is 12.1 Å². The van der Waals surface area contributed by atoms with Gasteiger partial charge in [-0.15, -0.1) is 0 Å². The van der Waals surface area contributed by atoms with Crippen molar-refractivity contribution in [3.63, 3.8) is 0 Å². The van der Waals surface area contributed by atoms with Crippen LogP contribution in [0.5, 0.6) is 17.2 Å². The van der Waals surface area contributed by atoms with Crippen LogP contribution in [0.1, 0.15) is 22.4 Å². The number of aliphatic hydroxyl groups is 2. The van der Waals surface area contributed by atoms with Gasteiger partial charge in [0.25, 0.3) is 0 Å². The van der Waals surface area contributed by atoms with E-state index in [0.717, 1.165) is 33.8 Å². The van der Waals surface area contributed by atoms with Gasteiger partial charge >= 0.3 is 0 Å². The van der Waals surface area contributed by atoms with Crippen molar-refractivity contribution >= 4 is 0 Å². The molecular formula is C22H23NO5. The van der Waals surface area contributed by atoms with Crippen LogP contribution in [0, 0.1) is 0 Å². The Kier molecular flexibility index (Phi) is 4.75. The maximum atomic E-state index is 10.1. The molecule has 0 fully saturated rings. The third kappa shape index (κ3) is 2.57. The van der Waals surface area contributed by atoms with E-state index in [1.54, 1.807) is 21.3 Å². The van der Waals surface area contributed by atoms with E-state index in [9.17, 15) is 10.2 Å². The van der Waals surface area contributed by atoms with E-state index in [1.165, 1.54) is 0 Å². The Morgan fingerprint density at radius 2 is 1.50 bits per heavy atom. The molecule has 28 heavy (non-hydrogen) atoms. The number of hydrogen-bond acceptors (Lipinski definition) is 5. The largest absolute Gasteiger partial charge is 0.496 e. The molecule has 0 saturated heterocycles. The maximum Gasteiger partial charge on any atom is 0.162 e. The van der Waals surface area contributed by atoms with Gasteiger partial charge in [0.15, 0.2) is 11.5 Å². The van der Waals surface area contributed by atoms with E-state index in [1.807, 2.05) is 36.4 Å². The fraction of sp³-hybridized carbons (Fsp3) is 0.273. The average Bonchev–Trinajstić information content (AvgIpc) is 3.25. The highest BCUT2D eigenvalue weighted by atomic mass is 16.5. The van der Waals surface area contributed by atoms with Crippen LogP contribution in [0.2, 0.25) is 0 Å². The first kappa shape index (κ1) is 18.4.